The largest absolute Gasteiger partial charge is 0.394 e. The highest BCUT2D eigenvalue weighted by Crippen LogP contribution is 2.42. The second-order valence-corrected chi connectivity index (χ2v) is 14.6. The predicted molar refractivity (Wildman–Crippen MR) is 267 cm³/mol. The molecule has 13 nitrogen and oxygen atoms in total. The molecule has 13 heteroatoms. The number of benzene rings is 4. The Kier molecular flexibility index (Phi) is 31.4. The lowest BCUT2D eigenvalue weighted by Crippen LogP contribution is -2.38. The minimum absolute atomic E-state index is 0.00159. The monoisotopic (exact) mass is 907 g/mol. The second kappa shape index (κ2) is 35.9. The van der Waals surface area contributed by atoms with Crippen LogP contribution in [-0.2, 0) is 34.0 Å². The van der Waals surface area contributed by atoms with Crippen LogP contribution in [0, 0.1) is 0 Å². The zero-order chi connectivity index (χ0) is 47.4. The molecule has 364 valence electrons. The first-order chi connectivity index (χ1) is 32.0. The first-order valence-corrected chi connectivity index (χ1v) is 23.6. The van der Waals surface area contributed by atoms with Gasteiger partial charge in [0.15, 0.2) is 0 Å². The lowest BCUT2D eigenvalue weighted by atomic mass is 9.76. The van der Waals surface area contributed by atoms with Gasteiger partial charge in [0, 0.05) is 69.6 Å². The van der Waals surface area contributed by atoms with Crippen LogP contribution in [0.3, 0.4) is 0 Å². The molecule has 0 aliphatic heterocycles. The fourth-order valence-corrected chi connectivity index (χ4v) is 6.93. The molecule has 0 saturated heterocycles. The fourth-order valence-electron chi connectivity index (χ4n) is 6.93. The van der Waals surface area contributed by atoms with Crippen LogP contribution in [0.1, 0.15) is 57.7 Å². The zero-order valence-electron chi connectivity index (χ0n) is 40.6. The standard InChI is InChI=1S/C48H70N4O9.2C2H6/c1-4-29-56-30-22-51(24-32-58-37-39-60-35-27-54)46-18-12-42(13-19-46)48(49-44-8-6-5-7-9-44,41-10-16-45(17-11-41)50(2)3)43-14-20-47(21-15-43)52(23-31-57-34-26-53)25-33-59-38-40-61-36-28-55;2*1-2/h5-21,49,53-55H,4,22-40H2,1-3H3;2*1-2H3. The zero-order valence-corrected chi connectivity index (χ0v) is 40.6. The minimum atomic E-state index is -0.803. The molecular formula is C52H82N4O9. The van der Waals surface area contributed by atoms with Crippen LogP contribution in [0.25, 0.3) is 0 Å². The summed E-state index contributed by atoms with van der Waals surface area (Å²) in [5.41, 5.74) is 6.57. The molecule has 65 heavy (non-hydrogen) atoms. The third-order valence-electron chi connectivity index (χ3n) is 10.1. The Labute approximate surface area is 391 Å². The van der Waals surface area contributed by atoms with Gasteiger partial charge in [-0.3, -0.25) is 0 Å². The van der Waals surface area contributed by atoms with Gasteiger partial charge in [-0.1, -0.05) is 89.2 Å². The number of hydrogen-bond acceptors (Lipinski definition) is 13. The molecule has 0 heterocycles. The third kappa shape index (κ3) is 20.4. The number of hydrogen-bond donors (Lipinski definition) is 4. The molecule has 0 fully saturated rings. The van der Waals surface area contributed by atoms with Crippen molar-refractivity contribution in [2.24, 2.45) is 0 Å². The maximum absolute atomic E-state index is 9.31. The van der Waals surface area contributed by atoms with Crippen molar-refractivity contribution in [3.63, 3.8) is 0 Å². The van der Waals surface area contributed by atoms with Crippen molar-refractivity contribution in [3.05, 3.63) is 120 Å². The normalized spacial score (nSPS) is 11.7. The summed E-state index contributed by atoms with van der Waals surface area (Å²) in [7, 11) is 4.10. The Morgan fingerprint density at radius 1 is 0.415 bits per heavy atom. The van der Waals surface area contributed by atoms with E-state index >= 15 is 0 Å². The van der Waals surface area contributed by atoms with Gasteiger partial charge in [-0.2, -0.15) is 0 Å². The van der Waals surface area contributed by atoms with E-state index in [4.69, 9.17) is 38.6 Å². The molecule has 1 atom stereocenters. The van der Waals surface area contributed by atoms with Gasteiger partial charge in [-0.05, 0) is 71.6 Å². The quantitative estimate of drug-likeness (QED) is 0.0276. The number of aliphatic hydroxyl groups excluding tert-OH is 3. The third-order valence-corrected chi connectivity index (χ3v) is 10.1. The fraction of sp³-hybridized carbons (Fsp3) is 0.538. The number of nitrogens with zero attached hydrogens (tertiary/aromatic N) is 3. The van der Waals surface area contributed by atoms with Gasteiger partial charge >= 0.3 is 0 Å². The molecule has 4 aromatic rings. The van der Waals surface area contributed by atoms with E-state index in [1.807, 2.05) is 60.0 Å². The molecule has 0 aliphatic rings. The molecule has 0 aromatic heterocycles. The Morgan fingerprint density at radius 2 is 0.738 bits per heavy atom. The van der Waals surface area contributed by atoms with Crippen LogP contribution in [0.2, 0.25) is 0 Å². The van der Waals surface area contributed by atoms with E-state index in [2.05, 4.69) is 112 Å². The van der Waals surface area contributed by atoms with Crippen LogP contribution in [-0.4, -0.2) is 155 Å². The molecule has 1 unspecified atom stereocenters. The van der Waals surface area contributed by atoms with Crippen molar-refractivity contribution in [1.82, 2.24) is 0 Å². The maximum Gasteiger partial charge on any atom is 0.114 e. The molecule has 0 aliphatic carbocycles. The summed E-state index contributed by atoms with van der Waals surface area (Å²) in [6, 6.07) is 36.6. The minimum Gasteiger partial charge on any atom is -0.394 e. The predicted octanol–water partition coefficient (Wildman–Crippen LogP) is 7.31. The van der Waals surface area contributed by atoms with Crippen molar-refractivity contribution >= 4 is 22.7 Å². The number of ether oxygens (including phenoxy) is 6. The van der Waals surface area contributed by atoms with Gasteiger partial charge < -0.3 is 63.8 Å². The summed E-state index contributed by atoms with van der Waals surface area (Å²) in [6.45, 7) is 18.2. The molecule has 4 aromatic carbocycles. The van der Waals surface area contributed by atoms with E-state index in [0.29, 0.717) is 92.2 Å². The van der Waals surface area contributed by atoms with E-state index in [-0.39, 0.29) is 26.4 Å². The Balaban J connectivity index is 0.00000353. The number of anilines is 4. The highest BCUT2D eigenvalue weighted by atomic mass is 16.5. The molecule has 0 amide bonds. The number of aliphatic hydroxyl groups is 3. The van der Waals surface area contributed by atoms with Crippen molar-refractivity contribution in [2.75, 3.05) is 159 Å². The average molecular weight is 907 g/mol. The van der Waals surface area contributed by atoms with E-state index in [0.717, 1.165) is 52.5 Å². The van der Waals surface area contributed by atoms with Crippen molar-refractivity contribution in [3.8, 4) is 0 Å². The van der Waals surface area contributed by atoms with Gasteiger partial charge in [0.2, 0.25) is 0 Å². The van der Waals surface area contributed by atoms with Crippen LogP contribution in [0.5, 0.6) is 0 Å². The summed E-state index contributed by atoms with van der Waals surface area (Å²) < 4.78 is 34.1. The second-order valence-electron chi connectivity index (χ2n) is 14.6. The molecule has 4 N–H and O–H groups in total. The summed E-state index contributed by atoms with van der Waals surface area (Å²) in [4.78, 5) is 6.63. The van der Waals surface area contributed by atoms with Crippen LogP contribution >= 0.6 is 0 Å². The van der Waals surface area contributed by atoms with Crippen LogP contribution in [0.15, 0.2) is 103 Å². The van der Waals surface area contributed by atoms with E-state index in [1.54, 1.807) is 0 Å². The molecule has 0 saturated carbocycles. The Hall–Kier alpha value is -4.28. The Morgan fingerprint density at radius 3 is 1.08 bits per heavy atom. The number of nitrogens with one attached hydrogen (secondary N) is 1. The average Bonchev–Trinajstić information content (AvgIpc) is 3.35. The molecular weight excluding hydrogens is 825 g/mol. The van der Waals surface area contributed by atoms with Crippen LogP contribution in [0.4, 0.5) is 22.7 Å². The highest BCUT2D eigenvalue weighted by Gasteiger charge is 2.37. The SMILES string of the molecule is CC.CC.CCCOCCN(CCOCCOCCO)c1ccc(C(Nc2ccccc2)(c2ccc(N(C)C)cc2)c2ccc(N(CCOCCO)CCOCCOCCO)cc2)cc1. The van der Waals surface area contributed by atoms with Crippen molar-refractivity contribution in [2.45, 2.75) is 46.6 Å². The van der Waals surface area contributed by atoms with E-state index < -0.39 is 5.54 Å². The van der Waals surface area contributed by atoms with Gasteiger partial charge in [-0.25, -0.2) is 0 Å². The number of para-hydroxylation sites is 1. The molecule has 4 rings (SSSR count). The summed E-state index contributed by atoms with van der Waals surface area (Å²) in [5, 5.41) is 31.3. The van der Waals surface area contributed by atoms with E-state index in [1.165, 1.54) is 0 Å². The summed E-state index contributed by atoms with van der Waals surface area (Å²) in [5.74, 6) is 0. The van der Waals surface area contributed by atoms with E-state index in [9.17, 15) is 5.11 Å². The van der Waals surface area contributed by atoms with Gasteiger partial charge in [0.05, 0.1) is 92.5 Å². The lowest BCUT2D eigenvalue weighted by Gasteiger charge is -2.39. The van der Waals surface area contributed by atoms with Gasteiger partial charge in [-0.15, -0.1) is 0 Å². The van der Waals surface area contributed by atoms with Gasteiger partial charge in [0.25, 0.3) is 0 Å². The van der Waals surface area contributed by atoms with Gasteiger partial charge in [0.1, 0.15) is 5.54 Å². The Bertz CT molecular complexity index is 1610. The van der Waals surface area contributed by atoms with Crippen molar-refractivity contribution < 1.29 is 43.7 Å². The molecule has 0 radical (unpaired) electrons. The highest BCUT2D eigenvalue weighted by molar-refractivity contribution is 5.64. The molecule has 0 bridgehead atoms. The summed E-state index contributed by atoms with van der Waals surface area (Å²) >= 11 is 0. The summed E-state index contributed by atoms with van der Waals surface area (Å²) in [6.07, 6.45) is 0.965. The lowest BCUT2D eigenvalue weighted by molar-refractivity contribution is 0.0347. The van der Waals surface area contributed by atoms with Crippen molar-refractivity contribution in [1.29, 1.82) is 0 Å². The van der Waals surface area contributed by atoms with Crippen LogP contribution < -0.4 is 20.0 Å². The smallest absolute Gasteiger partial charge is 0.114 e. The number of rotatable bonds is 34. The molecule has 0 spiro atoms. The maximum atomic E-state index is 9.31. The first-order valence-electron chi connectivity index (χ1n) is 23.6. The topological polar surface area (TPSA) is 138 Å². The first kappa shape index (κ1) is 56.8.